The first kappa shape index (κ1) is 16.3. The van der Waals surface area contributed by atoms with Gasteiger partial charge in [0.15, 0.2) is 0 Å². The zero-order valence-electron chi connectivity index (χ0n) is 12.6. The Hall–Kier alpha value is -1.10. The minimum absolute atomic E-state index is 0.0231. The SMILES string of the molecule is CCN(CC(=O)Nc1ccc(Cl)cc1)CC1CCCCN1. The summed E-state index contributed by atoms with van der Waals surface area (Å²) in [6.45, 7) is 5.44. The Balaban J connectivity index is 1.79. The van der Waals surface area contributed by atoms with Crippen LogP contribution in [0.15, 0.2) is 24.3 Å². The average molecular weight is 310 g/mol. The molecule has 0 aliphatic carbocycles. The molecule has 1 heterocycles. The van der Waals surface area contributed by atoms with E-state index in [1.807, 2.05) is 12.1 Å². The highest BCUT2D eigenvalue weighted by molar-refractivity contribution is 6.30. The first-order valence-electron chi connectivity index (χ1n) is 7.68. The van der Waals surface area contributed by atoms with Gasteiger partial charge in [-0.25, -0.2) is 0 Å². The summed E-state index contributed by atoms with van der Waals surface area (Å²) in [7, 11) is 0. The number of nitrogens with one attached hydrogen (secondary N) is 2. The Morgan fingerprint density at radius 1 is 1.38 bits per heavy atom. The molecular formula is C16H24ClN3O. The number of piperidine rings is 1. The first-order chi connectivity index (χ1) is 10.2. The quantitative estimate of drug-likeness (QED) is 0.849. The van der Waals surface area contributed by atoms with Gasteiger partial charge in [0.2, 0.25) is 5.91 Å². The van der Waals surface area contributed by atoms with Crippen LogP contribution in [-0.2, 0) is 4.79 Å². The first-order valence-corrected chi connectivity index (χ1v) is 8.06. The molecule has 1 aromatic carbocycles. The number of anilines is 1. The van der Waals surface area contributed by atoms with E-state index in [-0.39, 0.29) is 5.91 Å². The second kappa shape index (κ2) is 8.37. The maximum Gasteiger partial charge on any atom is 0.238 e. The van der Waals surface area contributed by atoms with E-state index in [1.54, 1.807) is 12.1 Å². The minimum Gasteiger partial charge on any atom is -0.325 e. The molecule has 1 amide bonds. The standard InChI is InChI=1S/C16H24ClN3O/c1-2-20(11-15-5-3-4-10-18-15)12-16(21)19-14-8-6-13(17)7-9-14/h6-9,15,18H,2-5,10-12H2,1H3,(H,19,21). The van der Waals surface area contributed by atoms with Gasteiger partial charge in [0, 0.05) is 23.3 Å². The molecule has 0 bridgehead atoms. The lowest BCUT2D eigenvalue weighted by Crippen LogP contribution is -2.45. The summed E-state index contributed by atoms with van der Waals surface area (Å²) in [6.07, 6.45) is 3.75. The molecular weight excluding hydrogens is 286 g/mol. The molecule has 2 rings (SSSR count). The average Bonchev–Trinajstić information content (AvgIpc) is 2.50. The minimum atomic E-state index is 0.0231. The number of nitrogens with zero attached hydrogens (tertiary/aromatic N) is 1. The third-order valence-electron chi connectivity index (χ3n) is 3.83. The second-order valence-electron chi connectivity index (χ2n) is 5.53. The summed E-state index contributed by atoms with van der Waals surface area (Å²) in [5, 5.41) is 7.11. The van der Waals surface area contributed by atoms with Crippen LogP contribution in [0.3, 0.4) is 0 Å². The summed E-state index contributed by atoms with van der Waals surface area (Å²) < 4.78 is 0. The largest absolute Gasteiger partial charge is 0.325 e. The fourth-order valence-corrected chi connectivity index (χ4v) is 2.76. The number of hydrogen-bond acceptors (Lipinski definition) is 3. The molecule has 1 saturated heterocycles. The number of carbonyl (C=O) groups excluding carboxylic acids is 1. The van der Waals surface area contributed by atoms with Crippen LogP contribution in [0.5, 0.6) is 0 Å². The summed E-state index contributed by atoms with van der Waals surface area (Å²) in [5.41, 5.74) is 0.788. The highest BCUT2D eigenvalue weighted by Crippen LogP contribution is 2.13. The number of rotatable bonds is 6. The molecule has 1 atom stereocenters. The number of benzene rings is 1. The van der Waals surface area contributed by atoms with E-state index in [1.165, 1.54) is 19.3 Å². The fraction of sp³-hybridized carbons (Fsp3) is 0.562. The topological polar surface area (TPSA) is 44.4 Å². The molecule has 21 heavy (non-hydrogen) atoms. The zero-order chi connectivity index (χ0) is 15.1. The Morgan fingerprint density at radius 2 is 2.14 bits per heavy atom. The van der Waals surface area contributed by atoms with Gasteiger partial charge in [0.05, 0.1) is 6.54 Å². The number of carbonyl (C=O) groups is 1. The van der Waals surface area contributed by atoms with Crippen LogP contribution in [0.2, 0.25) is 5.02 Å². The number of halogens is 1. The summed E-state index contributed by atoms with van der Waals surface area (Å²) in [5.74, 6) is 0.0231. The van der Waals surface area contributed by atoms with Crippen molar-refractivity contribution in [3.05, 3.63) is 29.3 Å². The van der Waals surface area contributed by atoms with E-state index in [4.69, 9.17) is 11.6 Å². The van der Waals surface area contributed by atoms with Crippen LogP contribution in [-0.4, -0.2) is 43.0 Å². The molecule has 1 aliphatic rings. The Bertz CT molecular complexity index is 443. The van der Waals surface area contributed by atoms with Crippen LogP contribution in [0.1, 0.15) is 26.2 Å². The second-order valence-corrected chi connectivity index (χ2v) is 5.97. The molecule has 0 spiro atoms. The van der Waals surface area contributed by atoms with Crippen LogP contribution in [0, 0.1) is 0 Å². The fourth-order valence-electron chi connectivity index (χ4n) is 2.63. The normalized spacial score (nSPS) is 18.7. The Kier molecular flexibility index (Phi) is 6.49. The van der Waals surface area contributed by atoms with E-state index >= 15 is 0 Å². The number of amides is 1. The van der Waals surface area contributed by atoms with Gasteiger partial charge in [-0.2, -0.15) is 0 Å². The van der Waals surface area contributed by atoms with Crippen molar-refractivity contribution in [1.29, 1.82) is 0 Å². The Labute approximate surface area is 131 Å². The van der Waals surface area contributed by atoms with Gasteiger partial charge in [0.1, 0.15) is 0 Å². The molecule has 1 unspecified atom stereocenters. The van der Waals surface area contributed by atoms with Gasteiger partial charge < -0.3 is 10.6 Å². The van der Waals surface area contributed by atoms with Gasteiger partial charge in [-0.3, -0.25) is 9.69 Å². The van der Waals surface area contributed by atoms with Gasteiger partial charge in [-0.05, 0) is 50.2 Å². The van der Waals surface area contributed by atoms with Crippen molar-refractivity contribution in [2.24, 2.45) is 0 Å². The molecule has 0 saturated carbocycles. The van der Waals surface area contributed by atoms with Crippen LogP contribution in [0.25, 0.3) is 0 Å². The van der Waals surface area contributed by atoms with E-state index < -0.39 is 0 Å². The molecule has 5 heteroatoms. The van der Waals surface area contributed by atoms with Gasteiger partial charge in [-0.15, -0.1) is 0 Å². The third-order valence-corrected chi connectivity index (χ3v) is 4.09. The summed E-state index contributed by atoms with van der Waals surface area (Å²) in [4.78, 5) is 14.3. The summed E-state index contributed by atoms with van der Waals surface area (Å²) >= 11 is 5.84. The van der Waals surface area contributed by atoms with Crippen LogP contribution < -0.4 is 10.6 Å². The maximum absolute atomic E-state index is 12.1. The number of hydrogen-bond donors (Lipinski definition) is 2. The molecule has 4 nitrogen and oxygen atoms in total. The van der Waals surface area contributed by atoms with Crippen molar-refractivity contribution in [1.82, 2.24) is 10.2 Å². The maximum atomic E-state index is 12.1. The van der Waals surface area contributed by atoms with Crippen molar-refractivity contribution in [2.75, 3.05) is 31.5 Å². The van der Waals surface area contributed by atoms with Crippen LogP contribution >= 0.6 is 11.6 Å². The summed E-state index contributed by atoms with van der Waals surface area (Å²) in [6, 6.07) is 7.71. The molecule has 0 radical (unpaired) electrons. The molecule has 2 N–H and O–H groups in total. The monoisotopic (exact) mass is 309 g/mol. The lowest BCUT2D eigenvalue weighted by atomic mass is 10.0. The van der Waals surface area contributed by atoms with Crippen molar-refractivity contribution in [3.63, 3.8) is 0 Å². The molecule has 0 aromatic heterocycles. The third kappa shape index (κ3) is 5.65. The van der Waals surface area contributed by atoms with E-state index in [0.717, 1.165) is 25.3 Å². The highest BCUT2D eigenvalue weighted by atomic mass is 35.5. The molecule has 116 valence electrons. The molecule has 1 aliphatic heterocycles. The van der Waals surface area contributed by atoms with Crippen molar-refractivity contribution in [3.8, 4) is 0 Å². The van der Waals surface area contributed by atoms with E-state index in [9.17, 15) is 4.79 Å². The molecule has 1 fully saturated rings. The van der Waals surface area contributed by atoms with E-state index in [0.29, 0.717) is 17.6 Å². The van der Waals surface area contributed by atoms with Crippen molar-refractivity contribution < 1.29 is 4.79 Å². The van der Waals surface area contributed by atoms with Crippen molar-refractivity contribution >= 4 is 23.2 Å². The van der Waals surface area contributed by atoms with Gasteiger partial charge >= 0.3 is 0 Å². The van der Waals surface area contributed by atoms with Gasteiger partial charge in [-0.1, -0.05) is 24.9 Å². The zero-order valence-corrected chi connectivity index (χ0v) is 13.3. The van der Waals surface area contributed by atoms with Crippen LogP contribution in [0.4, 0.5) is 5.69 Å². The Morgan fingerprint density at radius 3 is 2.76 bits per heavy atom. The predicted molar refractivity (Wildman–Crippen MR) is 87.8 cm³/mol. The lowest BCUT2D eigenvalue weighted by Gasteiger charge is -2.29. The highest BCUT2D eigenvalue weighted by Gasteiger charge is 2.17. The van der Waals surface area contributed by atoms with Gasteiger partial charge in [0.25, 0.3) is 0 Å². The van der Waals surface area contributed by atoms with Crippen molar-refractivity contribution in [2.45, 2.75) is 32.2 Å². The molecule has 1 aromatic rings. The predicted octanol–water partition coefficient (Wildman–Crippen LogP) is 2.74. The number of likely N-dealkylation sites (N-methyl/N-ethyl adjacent to an activating group) is 1. The smallest absolute Gasteiger partial charge is 0.238 e. The lowest BCUT2D eigenvalue weighted by molar-refractivity contribution is -0.117. The van der Waals surface area contributed by atoms with E-state index in [2.05, 4.69) is 22.5 Å².